The Morgan fingerprint density at radius 3 is 2.95 bits per heavy atom. The highest BCUT2D eigenvalue weighted by molar-refractivity contribution is 5.95. The molecule has 0 fully saturated rings. The van der Waals surface area contributed by atoms with Crippen molar-refractivity contribution in [3.05, 3.63) is 35.8 Å². The Kier molecular flexibility index (Phi) is 3.66. The lowest BCUT2D eigenvalue weighted by molar-refractivity contribution is 0.0945. The van der Waals surface area contributed by atoms with Crippen LogP contribution in [0.5, 0.6) is 0 Å². The number of nitrogens with zero attached hydrogens (tertiary/aromatic N) is 4. The molecule has 0 saturated heterocycles. The molecule has 19 heavy (non-hydrogen) atoms. The number of amides is 1. The first kappa shape index (κ1) is 12.9. The van der Waals surface area contributed by atoms with Crippen molar-refractivity contribution in [1.82, 2.24) is 25.1 Å². The highest BCUT2D eigenvalue weighted by Gasteiger charge is 2.15. The maximum Gasteiger partial charge on any atom is 0.254 e. The van der Waals surface area contributed by atoms with E-state index in [1.807, 2.05) is 0 Å². The van der Waals surface area contributed by atoms with Crippen LogP contribution in [0.15, 0.2) is 18.6 Å². The lowest BCUT2D eigenvalue weighted by Gasteiger charge is -2.06. The van der Waals surface area contributed by atoms with Crippen molar-refractivity contribution in [2.24, 2.45) is 12.9 Å². The molecule has 0 unspecified atom stereocenters. The average Bonchev–Trinajstić information content (AvgIpc) is 2.82. The maximum absolute atomic E-state index is 13.8. The molecule has 0 radical (unpaired) electrons. The maximum atomic E-state index is 13.8. The Labute approximate surface area is 107 Å². The number of carbonyl (C=O) groups is 1. The van der Waals surface area contributed by atoms with E-state index in [4.69, 9.17) is 5.84 Å². The van der Waals surface area contributed by atoms with Gasteiger partial charge in [-0.15, -0.1) is 0 Å². The number of hydrazine groups is 1. The number of halogens is 1. The number of nitrogens with two attached hydrogens (primary N) is 1. The SMILES string of the molecule is Cn1cnc(CNC(=O)c2ccnc(NN)c2F)n1. The van der Waals surface area contributed by atoms with Crippen LogP contribution in [0.25, 0.3) is 0 Å². The van der Waals surface area contributed by atoms with Crippen LogP contribution in [0, 0.1) is 5.82 Å². The molecule has 1 amide bonds. The van der Waals surface area contributed by atoms with Gasteiger partial charge in [-0.1, -0.05) is 0 Å². The number of pyridine rings is 1. The standard InChI is InChI=1S/C10H12FN7O/c1-18-5-15-7(17-18)4-14-10(19)6-2-3-13-9(16-12)8(6)11/h2-3,5H,4,12H2,1H3,(H,13,16)(H,14,19). The lowest BCUT2D eigenvalue weighted by Crippen LogP contribution is -2.25. The van der Waals surface area contributed by atoms with E-state index in [0.29, 0.717) is 5.82 Å². The van der Waals surface area contributed by atoms with Crippen LogP contribution in [0.4, 0.5) is 10.2 Å². The fourth-order valence-electron chi connectivity index (χ4n) is 1.44. The van der Waals surface area contributed by atoms with E-state index in [1.165, 1.54) is 23.3 Å². The van der Waals surface area contributed by atoms with Crippen LogP contribution >= 0.6 is 0 Å². The molecule has 8 nitrogen and oxygen atoms in total. The molecule has 2 heterocycles. The summed E-state index contributed by atoms with van der Waals surface area (Å²) in [7, 11) is 1.71. The van der Waals surface area contributed by atoms with Crippen LogP contribution in [-0.4, -0.2) is 25.7 Å². The van der Waals surface area contributed by atoms with E-state index < -0.39 is 11.7 Å². The molecule has 0 aliphatic rings. The third kappa shape index (κ3) is 2.83. The number of hydrogen-bond donors (Lipinski definition) is 3. The molecule has 100 valence electrons. The second kappa shape index (κ2) is 5.40. The second-order valence-corrected chi connectivity index (χ2v) is 3.68. The number of aryl methyl sites for hydroxylation is 1. The molecule has 2 aromatic heterocycles. The highest BCUT2D eigenvalue weighted by Crippen LogP contribution is 2.13. The molecular formula is C10H12FN7O. The highest BCUT2D eigenvalue weighted by atomic mass is 19.1. The summed E-state index contributed by atoms with van der Waals surface area (Å²) in [6.07, 6.45) is 2.79. The zero-order valence-electron chi connectivity index (χ0n) is 10.1. The lowest BCUT2D eigenvalue weighted by atomic mass is 10.2. The average molecular weight is 265 g/mol. The molecule has 0 saturated carbocycles. The molecule has 2 aromatic rings. The number of anilines is 1. The Morgan fingerprint density at radius 1 is 1.53 bits per heavy atom. The van der Waals surface area contributed by atoms with Crippen LogP contribution in [0.3, 0.4) is 0 Å². The minimum atomic E-state index is -0.809. The fraction of sp³-hybridized carbons (Fsp3) is 0.200. The van der Waals surface area contributed by atoms with Crippen LogP contribution in [-0.2, 0) is 13.6 Å². The molecule has 0 aliphatic heterocycles. The molecular weight excluding hydrogens is 253 g/mol. The van der Waals surface area contributed by atoms with Crippen LogP contribution in [0.1, 0.15) is 16.2 Å². The second-order valence-electron chi connectivity index (χ2n) is 3.68. The van der Waals surface area contributed by atoms with Gasteiger partial charge < -0.3 is 10.7 Å². The first-order valence-electron chi connectivity index (χ1n) is 5.35. The summed E-state index contributed by atoms with van der Waals surface area (Å²) in [5.74, 6) is 3.92. The van der Waals surface area contributed by atoms with E-state index in [1.54, 1.807) is 7.05 Å². The summed E-state index contributed by atoms with van der Waals surface area (Å²) in [6.45, 7) is 0.104. The van der Waals surface area contributed by atoms with Gasteiger partial charge in [-0.3, -0.25) is 9.48 Å². The van der Waals surface area contributed by atoms with Gasteiger partial charge in [0.2, 0.25) is 0 Å². The number of nitrogen functional groups attached to an aromatic ring is 1. The van der Waals surface area contributed by atoms with Gasteiger partial charge in [-0.25, -0.2) is 20.2 Å². The zero-order chi connectivity index (χ0) is 13.8. The smallest absolute Gasteiger partial charge is 0.254 e. The Bertz CT molecular complexity index is 597. The number of carbonyl (C=O) groups excluding carboxylic acids is 1. The van der Waals surface area contributed by atoms with Crippen molar-refractivity contribution in [2.75, 3.05) is 5.43 Å². The van der Waals surface area contributed by atoms with Gasteiger partial charge in [0.1, 0.15) is 6.33 Å². The zero-order valence-corrected chi connectivity index (χ0v) is 10.1. The molecule has 4 N–H and O–H groups in total. The summed E-state index contributed by atoms with van der Waals surface area (Å²) in [6, 6.07) is 1.26. The molecule has 0 atom stereocenters. The van der Waals surface area contributed by atoms with Gasteiger partial charge in [0.25, 0.3) is 5.91 Å². The minimum Gasteiger partial charge on any atom is -0.345 e. The van der Waals surface area contributed by atoms with Crippen molar-refractivity contribution < 1.29 is 9.18 Å². The summed E-state index contributed by atoms with van der Waals surface area (Å²) >= 11 is 0. The molecule has 0 bridgehead atoms. The Morgan fingerprint density at radius 2 is 2.32 bits per heavy atom. The topological polar surface area (TPSA) is 111 Å². The monoisotopic (exact) mass is 265 g/mol. The van der Waals surface area contributed by atoms with Crippen LogP contribution in [0.2, 0.25) is 0 Å². The summed E-state index contributed by atoms with van der Waals surface area (Å²) in [5.41, 5.74) is 1.92. The number of nitrogens with one attached hydrogen (secondary N) is 2. The first-order valence-corrected chi connectivity index (χ1v) is 5.35. The van der Waals surface area contributed by atoms with Gasteiger partial charge >= 0.3 is 0 Å². The Balaban J connectivity index is 2.08. The molecule has 0 spiro atoms. The van der Waals surface area contributed by atoms with Crippen molar-refractivity contribution in [3.8, 4) is 0 Å². The van der Waals surface area contributed by atoms with Crippen molar-refractivity contribution in [2.45, 2.75) is 6.54 Å². The molecule has 9 heteroatoms. The predicted molar refractivity (Wildman–Crippen MR) is 64.2 cm³/mol. The van der Waals surface area contributed by atoms with Crippen molar-refractivity contribution in [3.63, 3.8) is 0 Å². The van der Waals surface area contributed by atoms with E-state index in [-0.39, 0.29) is 17.9 Å². The van der Waals surface area contributed by atoms with E-state index in [0.717, 1.165) is 0 Å². The van der Waals surface area contributed by atoms with Crippen molar-refractivity contribution >= 4 is 11.7 Å². The largest absolute Gasteiger partial charge is 0.345 e. The van der Waals surface area contributed by atoms with Crippen LogP contribution < -0.4 is 16.6 Å². The first-order chi connectivity index (χ1) is 9.11. The molecule has 0 aliphatic carbocycles. The van der Waals surface area contributed by atoms with E-state index in [2.05, 4.69) is 25.8 Å². The van der Waals surface area contributed by atoms with E-state index in [9.17, 15) is 9.18 Å². The Hall–Kier alpha value is -2.55. The molecule has 0 aromatic carbocycles. The van der Waals surface area contributed by atoms with Gasteiger partial charge in [0.15, 0.2) is 17.5 Å². The van der Waals surface area contributed by atoms with Gasteiger partial charge in [-0.05, 0) is 6.07 Å². The normalized spacial score (nSPS) is 10.3. The summed E-state index contributed by atoms with van der Waals surface area (Å²) < 4.78 is 15.3. The number of aromatic nitrogens is 4. The summed E-state index contributed by atoms with van der Waals surface area (Å²) in [4.78, 5) is 19.4. The third-order valence-corrected chi connectivity index (χ3v) is 2.32. The summed E-state index contributed by atoms with van der Waals surface area (Å²) in [5, 5.41) is 6.49. The quantitative estimate of drug-likeness (QED) is 0.511. The number of hydrogen-bond acceptors (Lipinski definition) is 6. The third-order valence-electron chi connectivity index (χ3n) is 2.32. The van der Waals surface area contributed by atoms with Gasteiger partial charge in [-0.2, -0.15) is 5.10 Å². The van der Waals surface area contributed by atoms with Crippen molar-refractivity contribution in [1.29, 1.82) is 0 Å². The van der Waals surface area contributed by atoms with E-state index >= 15 is 0 Å². The van der Waals surface area contributed by atoms with Gasteiger partial charge in [0, 0.05) is 13.2 Å². The minimum absolute atomic E-state index is 0.104. The fourth-order valence-corrected chi connectivity index (χ4v) is 1.44. The molecule has 2 rings (SSSR count). The predicted octanol–water partition coefficient (Wildman–Crippen LogP) is -0.435. The number of rotatable bonds is 4. The van der Waals surface area contributed by atoms with Gasteiger partial charge in [0.05, 0.1) is 12.1 Å².